The highest BCUT2D eigenvalue weighted by Crippen LogP contribution is 2.31. The first-order valence-electron chi connectivity index (χ1n) is 11.0. The molecule has 0 bridgehead atoms. The van der Waals surface area contributed by atoms with Crippen molar-refractivity contribution in [1.29, 1.82) is 5.26 Å². The Bertz CT molecular complexity index is 1110. The molecule has 3 aromatic rings. The molecule has 4 rings (SSSR count). The molecule has 2 N–H and O–H groups in total. The average molecular weight is 430 g/mol. The van der Waals surface area contributed by atoms with Crippen molar-refractivity contribution in [2.24, 2.45) is 0 Å². The zero-order chi connectivity index (χ0) is 22.5. The van der Waals surface area contributed by atoms with Crippen molar-refractivity contribution in [3.63, 3.8) is 0 Å². The number of benzene rings is 3. The second-order valence-electron chi connectivity index (χ2n) is 8.35. The van der Waals surface area contributed by atoms with Gasteiger partial charge in [0.1, 0.15) is 11.6 Å². The van der Waals surface area contributed by atoms with Crippen LogP contribution in [-0.2, 0) is 6.54 Å². The van der Waals surface area contributed by atoms with Gasteiger partial charge in [0, 0.05) is 35.8 Å². The van der Waals surface area contributed by atoms with E-state index in [0.29, 0.717) is 23.7 Å². The Morgan fingerprint density at radius 1 is 1.09 bits per heavy atom. The summed E-state index contributed by atoms with van der Waals surface area (Å²) in [5.41, 5.74) is 3.80. The minimum atomic E-state index is -0.400. The van der Waals surface area contributed by atoms with Crippen molar-refractivity contribution in [3.8, 4) is 22.9 Å². The van der Waals surface area contributed by atoms with Crippen LogP contribution < -0.4 is 15.4 Å². The van der Waals surface area contributed by atoms with Crippen molar-refractivity contribution in [3.05, 3.63) is 89.2 Å². The van der Waals surface area contributed by atoms with Gasteiger partial charge in [0.2, 0.25) is 0 Å². The summed E-state index contributed by atoms with van der Waals surface area (Å²) in [6.07, 6.45) is 2.18. The highest BCUT2D eigenvalue weighted by atomic mass is 19.1. The van der Waals surface area contributed by atoms with Gasteiger partial charge >= 0.3 is 0 Å². The minimum absolute atomic E-state index is 0.227. The van der Waals surface area contributed by atoms with Crippen molar-refractivity contribution < 1.29 is 9.13 Å². The molecule has 1 heterocycles. The molecular weight excluding hydrogens is 401 g/mol. The lowest BCUT2D eigenvalue weighted by atomic mass is 9.89. The fraction of sp³-hybridized carbons (Fsp3) is 0.296. The van der Waals surface area contributed by atoms with E-state index in [9.17, 15) is 4.39 Å². The van der Waals surface area contributed by atoms with Crippen molar-refractivity contribution in [2.45, 2.75) is 44.4 Å². The van der Waals surface area contributed by atoms with Gasteiger partial charge in [0.25, 0.3) is 0 Å². The summed E-state index contributed by atoms with van der Waals surface area (Å²) in [5.74, 6) is 0.367. The van der Waals surface area contributed by atoms with Crippen LogP contribution in [0.1, 0.15) is 42.5 Å². The van der Waals surface area contributed by atoms with Gasteiger partial charge in [-0.05, 0) is 55.2 Å². The molecule has 164 valence electrons. The standard InChI is InChI=1S/C27H28FN3O/c1-18-8-12-25(27(31-18)20-6-4-3-5-7-20)30-17-22-15-21(10-13-26(22)32-2)23-11-9-19(16-29)14-24(23)28/h3-7,9-11,13-15,18,25,27,30-31H,8,12,17H2,1-2H3/t18-,25+,27+/m1/s1. The maximum absolute atomic E-state index is 14.6. The number of hydrogen-bond acceptors (Lipinski definition) is 4. The molecule has 1 aliphatic rings. The van der Waals surface area contributed by atoms with Gasteiger partial charge in [0.05, 0.1) is 18.7 Å². The maximum atomic E-state index is 14.6. The summed E-state index contributed by atoms with van der Waals surface area (Å²) in [7, 11) is 1.65. The molecule has 0 radical (unpaired) electrons. The molecule has 32 heavy (non-hydrogen) atoms. The number of halogens is 1. The lowest BCUT2D eigenvalue weighted by molar-refractivity contribution is 0.260. The Balaban J connectivity index is 1.57. The van der Waals surface area contributed by atoms with Crippen molar-refractivity contribution in [1.82, 2.24) is 10.6 Å². The van der Waals surface area contributed by atoms with Crippen LogP contribution in [0.3, 0.4) is 0 Å². The molecule has 0 amide bonds. The molecule has 0 spiro atoms. The summed E-state index contributed by atoms with van der Waals surface area (Å²) >= 11 is 0. The summed E-state index contributed by atoms with van der Waals surface area (Å²) < 4.78 is 20.2. The number of methoxy groups -OCH3 is 1. The molecule has 0 saturated carbocycles. The Kier molecular flexibility index (Phi) is 6.84. The van der Waals surface area contributed by atoms with Crippen LogP contribution >= 0.6 is 0 Å². The molecular formula is C27H28FN3O. The van der Waals surface area contributed by atoms with E-state index in [-0.39, 0.29) is 12.1 Å². The van der Waals surface area contributed by atoms with Crippen LogP contribution in [0.5, 0.6) is 5.75 Å². The molecule has 3 atom stereocenters. The van der Waals surface area contributed by atoms with Gasteiger partial charge in [-0.15, -0.1) is 0 Å². The first-order valence-corrected chi connectivity index (χ1v) is 11.0. The third kappa shape index (κ3) is 4.83. The van der Waals surface area contributed by atoms with E-state index in [1.165, 1.54) is 11.6 Å². The molecule has 1 aliphatic heterocycles. The summed E-state index contributed by atoms with van der Waals surface area (Å²) in [6, 6.07) is 23.7. The zero-order valence-electron chi connectivity index (χ0n) is 18.4. The van der Waals surface area contributed by atoms with Crippen LogP contribution in [-0.4, -0.2) is 19.2 Å². The fourth-order valence-corrected chi connectivity index (χ4v) is 4.46. The highest BCUT2D eigenvalue weighted by molar-refractivity contribution is 5.67. The topological polar surface area (TPSA) is 57.1 Å². The first kappa shape index (κ1) is 22.0. The molecule has 3 aromatic carbocycles. The van der Waals surface area contributed by atoms with Gasteiger partial charge in [-0.2, -0.15) is 5.26 Å². The monoisotopic (exact) mass is 429 g/mol. The lowest BCUT2D eigenvalue weighted by Gasteiger charge is -2.37. The van der Waals surface area contributed by atoms with Crippen molar-refractivity contribution >= 4 is 0 Å². The van der Waals surface area contributed by atoms with Gasteiger partial charge in [0.15, 0.2) is 0 Å². The van der Waals surface area contributed by atoms with Crippen LogP contribution in [0.15, 0.2) is 66.7 Å². The van der Waals surface area contributed by atoms with Crippen molar-refractivity contribution in [2.75, 3.05) is 7.11 Å². The van der Waals surface area contributed by atoms with Gasteiger partial charge < -0.3 is 15.4 Å². The second kappa shape index (κ2) is 9.95. The van der Waals surface area contributed by atoms with Crippen LogP contribution in [0.2, 0.25) is 0 Å². The average Bonchev–Trinajstić information content (AvgIpc) is 2.83. The molecule has 1 fully saturated rings. The Morgan fingerprint density at radius 2 is 1.91 bits per heavy atom. The maximum Gasteiger partial charge on any atom is 0.132 e. The molecule has 0 aromatic heterocycles. The largest absolute Gasteiger partial charge is 0.496 e. The summed E-state index contributed by atoms with van der Waals surface area (Å²) in [5, 5.41) is 16.5. The first-order chi connectivity index (χ1) is 15.6. The molecule has 5 heteroatoms. The number of piperidine rings is 1. The van der Waals surface area contributed by atoms with E-state index in [2.05, 4.69) is 41.8 Å². The SMILES string of the molecule is COc1ccc(-c2ccc(C#N)cc2F)cc1CN[C@H]1CC[C@@H](C)N[C@H]1c1ccccc1. The summed E-state index contributed by atoms with van der Waals surface area (Å²) in [6.45, 7) is 2.84. The number of nitrogens with one attached hydrogen (secondary N) is 2. The van der Waals surface area contributed by atoms with E-state index in [4.69, 9.17) is 10.00 Å². The van der Waals surface area contributed by atoms with Gasteiger partial charge in [-0.3, -0.25) is 0 Å². The fourth-order valence-electron chi connectivity index (χ4n) is 4.46. The third-order valence-electron chi connectivity index (χ3n) is 6.18. The predicted molar refractivity (Wildman–Crippen MR) is 125 cm³/mol. The van der Waals surface area contributed by atoms with Crippen LogP contribution in [0.4, 0.5) is 4.39 Å². The van der Waals surface area contributed by atoms with Gasteiger partial charge in [-0.25, -0.2) is 4.39 Å². The molecule has 1 saturated heterocycles. The van der Waals surface area contributed by atoms with Crippen LogP contribution in [0.25, 0.3) is 11.1 Å². The van der Waals surface area contributed by atoms with Gasteiger partial charge in [-0.1, -0.05) is 42.5 Å². The number of ether oxygens (including phenoxy) is 1. The minimum Gasteiger partial charge on any atom is -0.496 e. The Labute approximate surface area is 189 Å². The quantitative estimate of drug-likeness (QED) is 0.555. The van der Waals surface area contributed by atoms with E-state index in [0.717, 1.165) is 29.7 Å². The second-order valence-corrected chi connectivity index (χ2v) is 8.35. The van der Waals surface area contributed by atoms with E-state index >= 15 is 0 Å². The highest BCUT2D eigenvalue weighted by Gasteiger charge is 2.29. The molecule has 0 unspecified atom stereocenters. The Hall–Kier alpha value is -3.20. The summed E-state index contributed by atoms with van der Waals surface area (Å²) in [4.78, 5) is 0. The normalized spacial score (nSPS) is 20.5. The number of nitrogens with zero attached hydrogens (tertiary/aromatic N) is 1. The third-order valence-corrected chi connectivity index (χ3v) is 6.18. The van der Waals surface area contributed by atoms with E-state index in [1.807, 2.05) is 30.3 Å². The Morgan fingerprint density at radius 3 is 2.62 bits per heavy atom. The number of hydrogen-bond donors (Lipinski definition) is 2. The lowest BCUT2D eigenvalue weighted by Crippen LogP contribution is -2.49. The zero-order valence-corrected chi connectivity index (χ0v) is 18.4. The smallest absolute Gasteiger partial charge is 0.132 e. The van der Waals surface area contributed by atoms with E-state index < -0.39 is 5.82 Å². The number of nitriles is 1. The predicted octanol–water partition coefficient (Wildman–Crippen LogP) is 5.34. The molecule has 0 aliphatic carbocycles. The number of rotatable bonds is 6. The van der Waals surface area contributed by atoms with E-state index in [1.54, 1.807) is 19.2 Å². The molecule has 4 nitrogen and oxygen atoms in total. The van der Waals surface area contributed by atoms with Crippen LogP contribution in [0, 0.1) is 17.1 Å².